The fourth-order valence-corrected chi connectivity index (χ4v) is 4.49. The smallest absolute Gasteiger partial charge is 0.262 e. The summed E-state index contributed by atoms with van der Waals surface area (Å²) in [5, 5.41) is 2.03. The summed E-state index contributed by atoms with van der Waals surface area (Å²) in [6.07, 6.45) is 0. The number of thioether (sulfide) groups is 1. The molecule has 3 nitrogen and oxygen atoms in total. The molecule has 0 amide bonds. The minimum Gasteiger partial charge on any atom is -0.283 e. The van der Waals surface area contributed by atoms with E-state index in [1.165, 1.54) is 23.9 Å². The molecule has 0 spiro atoms. The lowest BCUT2D eigenvalue weighted by molar-refractivity contribution is 0.627. The number of rotatable bonds is 5. The molecule has 0 aliphatic rings. The van der Waals surface area contributed by atoms with Crippen molar-refractivity contribution >= 4 is 45.9 Å². The number of benzene rings is 3. The average molecular weight is 445 g/mol. The third-order valence-corrected chi connectivity index (χ3v) is 6.23. The molecule has 1 aromatic heterocycles. The standard InChI is InChI=1S/C22H15Cl2FN2OS/c23-18-7-3-1-5-14(18)12-27-21(28)17-6-2-4-8-20(17)26-22(27)29-13-15-9-10-16(25)11-19(15)24/h1-11H,12-13H2. The number of hydrogen-bond acceptors (Lipinski definition) is 3. The highest BCUT2D eigenvalue weighted by Gasteiger charge is 2.14. The summed E-state index contributed by atoms with van der Waals surface area (Å²) < 4.78 is 14.9. The lowest BCUT2D eigenvalue weighted by Gasteiger charge is -2.14. The van der Waals surface area contributed by atoms with Gasteiger partial charge in [-0.05, 0) is 41.5 Å². The van der Waals surface area contributed by atoms with Crippen molar-refractivity contribution < 1.29 is 4.39 Å². The molecule has 0 radical (unpaired) electrons. The van der Waals surface area contributed by atoms with Crippen LogP contribution < -0.4 is 5.56 Å². The molecule has 0 bridgehead atoms. The molecule has 4 aromatic rings. The molecule has 0 saturated carbocycles. The molecule has 3 aromatic carbocycles. The molecule has 0 N–H and O–H groups in total. The van der Waals surface area contributed by atoms with E-state index >= 15 is 0 Å². The Labute approximate surface area is 181 Å². The molecule has 0 fully saturated rings. The largest absolute Gasteiger partial charge is 0.283 e. The van der Waals surface area contributed by atoms with E-state index < -0.39 is 0 Å². The van der Waals surface area contributed by atoms with Crippen LogP contribution in [0, 0.1) is 5.82 Å². The van der Waals surface area contributed by atoms with Gasteiger partial charge >= 0.3 is 0 Å². The molecule has 0 saturated heterocycles. The molecular formula is C22H15Cl2FN2OS. The first-order valence-corrected chi connectivity index (χ1v) is 10.6. The minimum atomic E-state index is -0.386. The van der Waals surface area contributed by atoms with Crippen LogP contribution in [0.1, 0.15) is 11.1 Å². The second-order valence-corrected chi connectivity index (χ2v) is 8.18. The van der Waals surface area contributed by atoms with Crippen LogP contribution in [0.15, 0.2) is 76.7 Å². The van der Waals surface area contributed by atoms with Gasteiger partial charge in [-0.2, -0.15) is 0 Å². The van der Waals surface area contributed by atoms with Crippen LogP contribution in [-0.4, -0.2) is 9.55 Å². The fraction of sp³-hybridized carbons (Fsp3) is 0.0909. The minimum absolute atomic E-state index is 0.136. The number of hydrogen-bond donors (Lipinski definition) is 0. The number of para-hydroxylation sites is 1. The highest BCUT2D eigenvalue weighted by molar-refractivity contribution is 7.98. The molecule has 29 heavy (non-hydrogen) atoms. The van der Waals surface area contributed by atoms with Crippen molar-refractivity contribution in [3.05, 3.63) is 104 Å². The van der Waals surface area contributed by atoms with Crippen molar-refractivity contribution in [2.24, 2.45) is 0 Å². The van der Waals surface area contributed by atoms with E-state index in [0.717, 1.165) is 11.1 Å². The van der Waals surface area contributed by atoms with Gasteiger partial charge in [0.15, 0.2) is 5.16 Å². The predicted octanol–water partition coefficient (Wildman–Crippen LogP) is 6.18. The van der Waals surface area contributed by atoms with Crippen molar-refractivity contribution in [2.45, 2.75) is 17.5 Å². The number of fused-ring (bicyclic) bond motifs is 1. The summed E-state index contributed by atoms with van der Waals surface area (Å²) in [6, 6.07) is 18.9. The Morgan fingerprint density at radius 1 is 0.931 bits per heavy atom. The van der Waals surface area contributed by atoms with Gasteiger partial charge < -0.3 is 0 Å². The zero-order chi connectivity index (χ0) is 20.4. The van der Waals surface area contributed by atoms with E-state index in [9.17, 15) is 9.18 Å². The second kappa shape index (κ2) is 8.57. The van der Waals surface area contributed by atoms with Gasteiger partial charge in [-0.15, -0.1) is 0 Å². The average Bonchev–Trinajstić information content (AvgIpc) is 2.71. The summed E-state index contributed by atoms with van der Waals surface area (Å²) >= 11 is 13.8. The molecule has 0 atom stereocenters. The van der Waals surface area contributed by atoms with Crippen LogP contribution in [0.5, 0.6) is 0 Å². The first-order valence-electron chi connectivity index (χ1n) is 8.82. The SMILES string of the molecule is O=c1c2ccccc2nc(SCc2ccc(F)cc2Cl)n1Cc1ccccc1Cl. The highest BCUT2D eigenvalue weighted by atomic mass is 35.5. The van der Waals surface area contributed by atoms with Crippen LogP contribution in [0.2, 0.25) is 10.0 Å². The number of aromatic nitrogens is 2. The van der Waals surface area contributed by atoms with Gasteiger partial charge in [0.2, 0.25) is 0 Å². The van der Waals surface area contributed by atoms with Crippen LogP contribution in [0.4, 0.5) is 4.39 Å². The Morgan fingerprint density at radius 3 is 2.48 bits per heavy atom. The first kappa shape index (κ1) is 20.0. The van der Waals surface area contributed by atoms with E-state index in [4.69, 9.17) is 23.2 Å². The van der Waals surface area contributed by atoms with E-state index in [1.54, 1.807) is 22.8 Å². The van der Waals surface area contributed by atoms with Crippen molar-refractivity contribution in [3.8, 4) is 0 Å². The van der Waals surface area contributed by atoms with Gasteiger partial charge in [0.25, 0.3) is 5.56 Å². The maximum absolute atomic E-state index is 13.3. The molecular weight excluding hydrogens is 430 g/mol. The van der Waals surface area contributed by atoms with Gasteiger partial charge in [0, 0.05) is 15.8 Å². The second-order valence-electron chi connectivity index (χ2n) is 6.42. The third kappa shape index (κ3) is 4.32. The van der Waals surface area contributed by atoms with Crippen LogP contribution in [-0.2, 0) is 12.3 Å². The number of nitrogens with zero attached hydrogens (tertiary/aromatic N) is 2. The van der Waals surface area contributed by atoms with Crippen molar-refractivity contribution in [1.82, 2.24) is 9.55 Å². The normalized spacial score (nSPS) is 11.1. The Balaban J connectivity index is 1.76. The van der Waals surface area contributed by atoms with Gasteiger partial charge in [-0.25, -0.2) is 9.37 Å². The predicted molar refractivity (Wildman–Crippen MR) is 118 cm³/mol. The summed E-state index contributed by atoms with van der Waals surface area (Å²) in [5.41, 5.74) is 2.09. The van der Waals surface area contributed by atoms with E-state index in [1.807, 2.05) is 36.4 Å². The quantitative estimate of drug-likeness (QED) is 0.272. The topological polar surface area (TPSA) is 34.9 Å². The third-order valence-electron chi connectivity index (χ3n) is 4.48. The van der Waals surface area contributed by atoms with Crippen molar-refractivity contribution in [2.75, 3.05) is 0 Å². The molecule has 4 rings (SSSR count). The fourth-order valence-electron chi connectivity index (χ4n) is 2.98. The van der Waals surface area contributed by atoms with Gasteiger partial charge in [0.05, 0.1) is 17.4 Å². The van der Waals surface area contributed by atoms with Gasteiger partial charge in [-0.3, -0.25) is 9.36 Å². The summed E-state index contributed by atoms with van der Waals surface area (Å²) in [6.45, 7) is 0.301. The molecule has 1 heterocycles. The zero-order valence-corrected chi connectivity index (χ0v) is 17.4. The summed E-state index contributed by atoms with van der Waals surface area (Å²) in [5.74, 6) is 0.0649. The van der Waals surface area contributed by atoms with Gasteiger partial charge in [-0.1, -0.05) is 71.4 Å². The lowest BCUT2D eigenvalue weighted by Crippen LogP contribution is -2.24. The molecule has 0 unspecified atom stereocenters. The Bertz CT molecular complexity index is 1260. The van der Waals surface area contributed by atoms with E-state index in [2.05, 4.69) is 4.98 Å². The van der Waals surface area contributed by atoms with Crippen molar-refractivity contribution in [1.29, 1.82) is 0 Å². The maximum Gasteiger partial charge on any atom is 0.262 e. The van der Waals surface area contributed by atoms with Gasteiger partial charge in [0.1, 0.15) is 5.82 Å². The Hall–Kier alpha value is -2.34. The lowest BCUT2D eigenvalue weighted by atomic mass is 10.2. The Morgan fingerprint density at radius 2 is 1.69 bits per heavy atom. The zero-order valence-electron chi connectivity index (χ0n) is 15.1. The maximum atomic E-state index is 13.3. The molecule has 7 heteroatoms. The highest BCUT2D eigenvalue weighted by Crippen LogP contribution is 2.27. The van der Waals surface area contributed by atoms with E-state index in [0.29, 0.717) is 38.4 Å². The van der Waals surface area contributed by atoms with E-state index in [-0.39, 0.29) is 11.4 Å². The van der Waals surface area contributed by atoms with Crippen LogP contribution in [0.25, 0.3) is 10.9 Å². The summed E-state index contributed by atoms with van der Waals surface area (Å²) in [7, 11) is 0. The first-order chi connectivity index (χ1) is 14.0. The monoisotopic (exact) mass is 444 g/mol. The molecule has 0 aliphatic carbocycles. The van der Waals surface area contributed by atoms with Crippen LogP contribution >= 0.6 is 35.0 Å². The number of halogens is 3. The summed E-state index contributed by atoms with van der Waals surface area (Å²) in [4.78, 5) is 17.9. The molecule has 0 aliphatic heterocycles. The van der Waals surface area contributed by atoms with Crippen molar-refractivity contribution in [3.63, 3.8) is 0 Å². The Kier molecular flexibility index (Phi) is 5.90. The van der Waals surface area contributed by atoms with Crippen LogP contribution in [0.3, 0.4) is 0 Å². The molecule has 146 valence electrons.